The van der Waals surface area contributed by atoms with Crippen LogP contribution in [0.5, 0.6) is 0 Å². The standard InChI is InChI=1S/C22H30N6O2/c1-15-7-8-19-16(10-15)11-17(21(29)23-19)12-27(13-18-6-5-9-30-18)14-20-24-25-26-28(20)22(2,3)4/h7-8,10-11,18H,5-6,9,12-14H2,1-4H3,(H,23,29). The molecule has 3 aromatic rings. The summed E-state index contributed by atoms with van der Waals surface area (Å²) in [4.78, 5) is 18.0. The van der Waals surface area contributed by atoms with Gasteiger partial charge in [-0.25, -0.2) is 4.68 Å². The van der Waals surface area contributed by atoms with Crippen LogP contribution in [0.3, 0.4) is 0 Å². The lowest BCUT2D eigenvalue weighted by Gasteiger charge is -2.26. The Morgan fingerprint density at radius 1 is 1.27 bits per heavy atom. The van der Waals surface area contributed by atoms with Crippen LogP contribution in [0.15, 0.2) is 29.1 Å². The third kappa shape index (κ3) is 4.60. The highest BCUT2D eigenvalue weighted by atomic mass is 16.5. The predicted molar refractivity (Wildman–Crippen MR) is 115 cm³/mol. The number of pyridine rings is 1. The lowest BCUT2D eigenvalue weighted by Crippen LogP contribution is -2.35. The molecule has 1 aliphatic rings. The molecule has 8 nitrogen and oxygen atoms in total. The quantitative estimate of drug-likeness (QED) is 0.672. The number of aryl methyl sites for hydroxylation is 1. The maximum Gasteiger partial charge on any atom is 0.252 e. The topological polar surface area (TPSA) is 88.9 Å². The molecule has 3 heterocycles. The highest BCUT2D eigenvalue weighted by Gasteiger charge is 2.25. The van der Waals surface area contributed by atoms with Crippen molar-refractivity contribution in [1.82, 2.24) is 30.1 Å². The van der Waals surface area contributed by atoms with Gasteiger partial charge in [-0.3, -0.25) is 9.69 Å². The van der Waals surface area contributed by atoms with Crippen molar-refractivity contribution in [2.45, 2.75) is 65.3 Å². The Hall–Kier alpha value is -2.58. The van der Waals surface area contributed by atoms with E-state index in [1.54, 1.807) is 0 Å². The number of hydrogen-bond donors (Lipinski definition) is 1. The minimum absolute atomic E-state index is 0.0564. The first kappa shape index (κ1) is 20.7. The first-order valence-corrected chi connectivity index (χ1v) is 10.5. The zero-order valence-corrected chi connectivity index (χ0v) is 18.2. The Morgan fingerprint density at radius 3 is 2.83 bits per heavy atom. The van der Waals surface area contributed by atoms with Crippen molar-refractivity contribution in [3.05, 3.63) is 51.6 Å². The van der Waals surface area contributed by atoms with Gasteiger partial charge in [0.25, 0.3) is 5.56 Å². The molecule has 0 spiro atoms. The van der Waals surface area contributed by atoms with Crippen LogP contribution < -0.4 is 5.56 Å². The largest absolute Gasteiger partial charge is 0.377 e. The average molecular weight is 411 g/mol. The van der Waals surface area contributed by atoms with Crippen LogP contribution in [-0.2, 0) is 23.4 Å². The molecule has 0 bridgehead atoms. The van der Waals surface area contributed by atoms with Crippen LogP contribution >= 0.6 is 0 Å². The minimum atomic E-state index is -0.216. The maximum absolute atomic E-state index is 12.8. The van der Waals surface area contributed by atoms with Gasteiger partial charge in [-0.1, -0.05) is 11.6 Å². The van der Waals surface area contributed by atoms with Gasteiger partial charge in [-0.05, 0) is 74.5 Å². The predicted octanol–water partition coefficient (Wildman–Crippen LogP) is 2.76. The van der Waals surface area contributed by atoms with Crippen molar-refractivity contribution in [3.8, 4) is 0 Å². The lowest BCUT2D eigenvalue weighted by atomic mass is 10.1. The normalized spacial score (nSPS) is 17.3. The average Bonchev–Trinajstić information content (AvgIpc) is 3.34. The van der Waals surface area contributed by atoms with E-state index in [2.05, 4.69) is 59.2 Å². The molecule has 0 radical (unpaired) electrons. The van der Waals surface area contributed by atoms with Crippen molar-refractivity contribution in [1.29, 1.82) is 0 Å². The van der Waals surface area contributed by atoms with Crippen LogP contribution in [0, 0.1) is 6.92 Å². The Bertz CT molecular complexity index is 1080. The number of aromatic amines is 1. The van der Waals surface area contributed by atoms with E-state index >= 15 is 0 Å². The van der Waals surface area contributed by atoms with Crippen molar-refractivity contribution in [2.75, 3.05) is 13.2 Å². The van der Waals surface area contributed by atoms with Gasteiger partial charge < -0.3 is 9.72 Å². The van der Waals surface area contributed by atoms with Gasteiger partial charge >= 0.3 is 0 Å². The molecule has 2 aromatic heterocycles. The Morgan fingerprint density at radius 2 is 2.10 bits per heavy atom. The molecule has 1 unspecified atom stereocenters. The van der Waals surface area contributed by atoms with E-state index in [9.17, 15) is 4.79 Å². The maximum atomic E-state index is 12.8. The molecule has 1 aliphatic heterocycles. The van der Waals surface area contributed by atoms with Gasteiger partial charge in [0.15, 0.2) is 5.82 Å². The van der Waals surface area contributed by atoms with E-state index in [1.165, 1.54) is 5.56 Å². The second-order valence-electron chi connectivity index (χ2n) is 9.20. The summed E-state index contributed by atoms with van der Waals surface area (Å²) in [5.41, 5.74) is 2.49. The molecular formula is C22H30N6O2. The Balaban J connectivity index is 1.63. The molecule has 160 valence electrons. The summed E-state index contributed by atoms with van der Waals surface area (Å²) >= 11 is 0. The number of nitrogens with zero attached hydrogens (tertiary/aromatic N) is 5. The molecule has 1 N–H and O–H groups in total. The smallest absolute Gasteiger partial charge is 0.252 e. The van der Waals surface area contributed by atoms with Gasteiger partial charge in [-0.15, -0.1) is 5.10 Å². The van der Waals surface area contributed by atoms with Crippen LogP contribution in [0.25, 0.3) is 10.9 Å². The number of aromatic nitrogens is 5. The van der Waals surface area contributed by atoms with E-state index in [1.807, 2.05) is 22.9 Å². The van der Waals surface area contributed by atoms with E-state index in [0.29, 0.717) is 13.1 Å². The second kappa shape index (κ2) is 8.28. The van der Waals surface area contributed by atoms with Gasteiger partial charge in [0.1, 0.15) is 0 Å². The number of hydrogen-bond acceptors (Lipinski definition) is 6. The fourth-order valence-electron chi connectivity index (χ4n) is 4.02. The van der Waals surface area contributed by atoms with Crippen molar-refractivity contribution in [3.63, 3.8) is 0 Å². The highest BCUT2D eigenvalue weighted by molar-refractivity contribution is 5.79. The molecule has 0 aliphatic carbocycles. The summed E-state index contributed by atoms with van der Waals surface area (Å²) in [7, 11) is 0. The third-order valence-electron chi connectivity index (χ3n) is 5.49. The van der Waals surface area contributed by atoms with E-state index < -0.39 is 0 Å². The molecule has 4 rings (SSSR count). The molecule has 0 saturated carbocycles. The van der Waals surface area contributed by atoms with E-state index in [0.717, 1.165) is 48.3 Å². The Labute approximate surface area is 176 Å². The van der Waals surface area contributed by atoms with Gasteiger partial charge in [0, 0.05) is 30.8 Å². The number of rotatable bonds is 6. The van der Waals surface area contributed by atoms with Crippen LogP contribution in [0.2, 0.25) is 0 Å². The zero-order valence-electron chi connectivity index (χ0n) is 18.2. The fraction of sp³-hybridized carbons (Fsp3) is 0.545. The number of H-pyrrole nitrogens is 1. The molecule has 0 amide bonds. The second-order valence-corrected chi connectivity index (χ2v) is 9.20. The Kier molecular flexibility index (Phi) is 5.71. The van der Waals surface area contributed by atoms with Crippen molar-refractivity contribution < 1.29 is 4.74 Å². The number of benzene rings is 1. The molecular weight excluding hydrogens is 380 g/mol. The monoisotopic (exact) mass is 410 g/mol. The van der Waals surface area contributed by atoms with Crippen LogP contribution in [-0.4, -0.2) is 49.3 Å². The third-order valence-corrected chi connectivity index (χ3v) is 5.49. The van der Waals surface area contributed by atoms with Gasteiger partial charge in [0.05, 0.1) is 18.2 Å². The SMILES string of the molecule is Cc1ccc2[nH]c(=O)c(CN(Cc3nnnn3C(C)(C)C)CC3CCCO3)cc2c1. The van der Waals surface area contributed by atoms with Gasteiger partial charge in [-0.2, -0.15) is 0 Å². The number of nitrogens with one attached hydrogen (secondary N) is 1. The number of fused-ring (bicyclic) bond motifs is 1. The van der Waals surface area contributed by atoms with Crippen molar-refractivity contribution in [2.24, 2.45) is 0 Å². The van der Waals surface area contributed by atoms with E-state index in [-0.39, 0.29) is 17.2 Å². The zero-order chi connectivity index (χ0) is 21.3. The summed E-state index contributed by atoms with van der Waals surface area (Å²) < 4.78 is 7.72. The summed E-state index contributed by atoms with van der Waals surface area (Å²) in [5.74, 6) is 0.786. The summed E-state index contributed by atoms with van der Waals surface area (Å²) in [6.45, 7) is 10.9. The minimum Gasteiger partial charge on any atom is -0.377 e. The first-order valence-electron chi connectivity index (χ1n) is 10.5. The molecule has 1 aromatic carbocycles. The molecule has 8 heteroatoms. The van der Waals surface area contributed by atoms with Crippen LogP contribution in [0.1, 0.15) is 50.6 Å². The molecule has 30 heavy (non-hydrogen) atoms. The molecule has 1 saturated heterocycles. The van der Waals surface area contributed by atoms with Crippen molar-refractivity contribution >= 4 is 10.9 Å². The van der Waals surface area contributed by atoms with E-state index in [4.69, 9.17) is 4.74 Å². The highest BCUT2D eigenvalue weighted by Crippen LogP contribution is 2.20. The number of tetrazole rings is 1. The fourth-order valence-corrected chi connectivity index (χ4v) is 4.02. The molecule has 1 fully saturated rings. The molecule has 1 atom stereocenters. The van der Waals surface area contributed by atoms with Crippen LogP contribution in [0.4, 0.5) is 0 Å². The lowest BCUT2D eigenvalue weighted by molar-refractivity contribution is 0.0657. The number of ether oxygens (including phenoxy) is 1. The summed E-state index contributed by atoms with van der Waals surface area (Å²) in [6, 6.07) is 8.06. The summed E-state index contributed by atoms with van der Waals surface area (Å²) in [6.07, 6.45) is 2.29. The first-order chi connectivity index (χ1) is 14.3. The van der Waals surface area contributed by atoms with Gasteiger partial charge in [0.2, 0.25) is 0 Å². The summed E-state index contributed by atoms with van der Waals surface area (Å²) in [5, 5.41) is 13.4.